The lowest BCUT2D eigenvalue weighted by Gasteiger charge is -2.19. The van der Waals surface area contributed by atoms with Crippen LogP contribution in [0.25, 0.3) is 0 Å². The van der Waals surface area contributed by atoms with E-state index in [0.717, 1.165) is 0 Å². The van der Waals surface area contributed by atoms with E-state index in [1.807, 2.05) is 0 Å². The molecule has 0 aliphatic carbocycles. The maximum Gasteiger partial charge on any atom is 0.119 e. The maximum atomic E-state index is 9.53. The van der Waals surface area contributed by atoms with Gasteiger partial charge in [0.25, 0.3) is 0 Å². The van der Waals surface area contributed by atoms with Crippen LogP contribution in [0.2, 0.25) is 0 Å². The van der Waals surface area contributed by atoms with Crippen LogP contribution in [0.3, 0.4) is 0 Å². The summed E-state index contributed by atoms with van der Waals surface area (Å²) in [7, 11) is 0. The summed E-state index contributed by atoms with van der Waals surface area (Å²) in [6.45, 7) is 7.22. The number of aliphatic hydroxyl groups is 2. The van der Waals surface area contributed by atoms with Crippen molar-refractivity contribution in [1.82, 2.24) is 0 Å². The predicted octanol–water partition coefficient (Wildman–Crippen LogP) is 1.99. The number of rotatable bonds is 6. The third-order valence-corrected chi connectivity index (χ3v) is 2.01. The fraction of sp³-hybridized carbons (Fsp3) is 0.571. The molecule has 0 spiro atoms. The van der Waals surface area contributed by atoms with E-state index >= 15 is 0 Å². The van der Waals surface area contributed by atoms with Gasteiger partial charge in [-0.15, -0.1) is 0 Å². The van der Waals surface area contributed by atoms with Crippen LogP contribution in [-0.4, -0.2) is 34.6 Å². The Hall–Kier alpha value is -1.26. The van der Waals surface area contributed by atoms with E-state index in [9.17, 15) is 10.2 Å². The summed E-state index contributed by atoms with van der Waals surface area (Å²) in [5.74, 6) is 1.35. The highest BCUT2D eigenvalue weighted by atomic mass is 16.5. The van der Waals surface area contributed by atoms with Crippen LogP contribution in [-0.2, 0) is 0 Å². The van der Waals surface area contributed by atoms with Gasteiger partial charge in [0.2, 0.25) is 0 Å². The van der Waals surface area contributed by atoms with E-state index in [1.54, 1.807) is 52.0 Å². The number of hydrogen-bond acceptors (Lipinski definition) is 4. The van der Waals surface area contributed by atoms with E-state index in [2.05, 4.69) is 0 Å². The van der Waals surface area contributed by atoms with Crippen LogP contribution >= 0.6 is 0 Å². The molecule has 18 heavy (non-hydrogen) atoms. The summed E-state index contributed by atoms with van der Waals surface area (Å²) in [4.78, 5) is 0. The Morgan fingerprint density at radius 2 is 1.06 bits per heavy atom. The Morgan fingerprint density at radius 1 is 0.778 bits per heavy atom. The highest BCUT2D eigenvalue weighted by molar-refractivity contribution is 5.31. The topological polar surface area (TPSA) is 58.9 Å². The molecule has 4 heteroatoms. The van der Waals surface area contributed by atoms with Gasteiger partial charge in [0, 0.05) is 0 Å². The van der Waals surface area contributed by atoms with E-state index < -0.39 is 11.2 Å². The van der Waals surface area contributed by atoms with Gasteiger partial charge in [-0.05, 0) is 52.0 Å². The quantitative estimate of drug-likeness (QED) is 0.815. The smallest absolute Gasteiger partial charge is 0.119 e. The highest BCUT2D eigenvalue weighted by Gasteiger charge is 2.14. The summed E-state index contributed by atoms with van der Waals surface area (Å²) < 4.78 is 10.8. The SMILES string of the molecule is CC(C)(O)COc1ccc(OCC(C)(C)O)cc1. The molecule has 2 N–H and O–H groups in total. The lowest BCUT2D eigenvalue weighted by atomic mass is 10.1. The first-order valence-corrected chi connectivity index (χ1v) is 5.96. The van der Waals surface area contributed by atoms with Crippen LogP contribution in [0.5, 0.6) is 11.5 Å². The summed E-state index contributed by atoms with van der Waals surface area (Å²) >= 11 is 0. The molecule has 1 aromatic rings. The van der Waals surface area contributed by atoms with Crippen LogP contribution in [0.15, 0.2) is 24.3 Å². The largest absolute Gasteiger partial charge is 0.491 e. The van der Waals surface area contributed by atoms with E-state index in [4.69, 9.17) is 9.47 Å². The van der Waals surface area contributed by atoms with Gasteiger partial charge >= 0.3 is 0 Å². The van der Waals surface area contributed by atoms with E-state index in [1.165, 1.54) is 0 Å². The zero-order chi connectivity index (χ0) is 13.8. The van der Waals surface area contributed by atoms with Crippen molar-refractivity contribution in [3.63, 3.8) is 0 Å². The first-order valence-electron chi connectivity index (χ1n) is 5.96. The number of ether oxygens (including phenoxy) is 2. The van der Waals surface area contributed by atoms with Crippen LogP contribution in [0, 0.1) is 0 Å². The molecule has 0 aromatic heterocycles. The fourth-order valence-electron chi connectivity index (χ4n) is 1.15. The summed E-state index contributed by atoms with van der Waals surface area (Å²) in [5.41, 5.74) is -1.70. The normalized spacial score (nSPS) is 12.3. The van der Waals surface area contributed by atoms with Gasteiger partial charge < -0.3 is 19.7 Å². The van der Waals surface area contributed by atoms with Crippen molar-refractivity contribution < 1.29 is 19.7 Å². The van der Waals surface area contributed by atoms with E-state index in [-0.39, 0.29) is 13.2 Å². The zero-order valence-corrected chi connectivity index (χ0v) is 11.4. The standard InChI is InChI=1S/C14H22O4/c1-13(2,15)9-17-11-5-7-12(8-6-11)18-10-14(3,4)16/h5-8,15-16H,9-10H2,1-4H3. The monoisotopic (exact) mass is 254 g/mol. The zero-order valence-electron chi connectivity index (χ0n) is 11.4. The van der Waals surface area contributed by atoms with Crippen molar-refractivity contribution >= 4 is 0 Å². The van der Waals surface area contributed by atoms with Crippen molar-refractivity contribution in [3.8, 4) is 11.5 Å². The molecule has 0 radical (unpaired) electrons. The molecule has 0 atom stereocenters. The minimum Gasteiger partial charge on any atom is -0.491 e. The molecule has 0 aliphatic rings. The average molecular weight is 254 g/mol. The lowest BCUT2D eigenvalue weighted by molar-refractivity contribution is 0.0269. The molecule has 0 fully saturated rings. The molecule has 0 unspecified atom stereocenters. The molecular weight excluding hydrogens is 232 g/mol. The van der Waals surface area contributed by atoms with Crippen LogP contribution < -0.4 is 9.47 Å². The molecule has 0 bridgehead atoms. The molecule has 1 rings (SSSR count). The first kappa shape index (κ1) is 14.8. The highest BCUT2D eigenvalue weighted by Crippen LogP contribution is 2.19. The fourth-order valence-corrected chi connectivity index (χ4v) is 1.15. The lowest BCUT2D eigenvalue weighted by Crippen LogP contribution is -2.28. The second-order valence-electron chi connectivity index (χ2n) is 5.67. The maximum absolute atomic E-state index is 9.53. The van der Waals surface area contributed by atoms with Crippen molar-refractivity contribution in [2.24, 2.45) is 0 Å². The molecule has 0 saturated heterocycles. The van der Waals surface area contributed by atoms with Gasteiger partial charge in [-0.25, -0.2) is 0 Å². The van der Waals surface area contributed by atoms with Crippen LogP contribution in [0.1, 0.15) is 27.7 Å². The Kier molecular flexibility index (Phi) is 4.59. The summed E-state index contributed by atoms with van der Waals surface area (Å²) in [5, 5.41) is 19.1. The third-order valence-electron chi connectivity index (χ3n) is 2.01. The predicted molar refractivity (Wildman–Crippen MR) is 70.0 cm³/mol. The van der Waals surface area contributed by atoms with Crippen molar-refractivity contribution in [2.45, 2.75) is 38.9 Å². The molecular formula is C14H22O4. The Bertz CT molecular complexity index is 320. The Morgan fingerprint density at radius 3 is 1.28 bits per heavy atom. The molecule has 102 valence electrons. The molecule has 0 heterocycles. The second kappa shape index (κ2) is 5.59. The minimum absolute atomic E-state index is 0.233. The molecule has 4 nitrogen and oxygen atoms in total. The van der Waals surface area contributed by atoms with Gasteiger partial charge in [0.05, 0.1) is 11.2 Å². The average Bonchev–Trinajstić information content (AvgIpc) is 2.23. The molecule has 0 saturated carbocycles. The van der Waals surface area contributed by atoms with Gasteiger partial charge in [-0.1, -0.05) is 0 Å². The number of hydrogen-bond donors (Lipinski definition) is 2. The summed E-state index contributed by atoms with van der Waals surface area (Å²) in [6.07, 6.45) is 0. The molecule has 1 aromatic carbocycles. The number of benzene rings is 1. The van der Waals surface area contributed by atoms with Gasteiger partial charge in [-0.2, -0.15) is 0 Å². The van der Waals surface area contributed by atoms with Gasteiger partial charge in [0.15, 0.2) is 0 Å². The minimum atomic E-state index is -0.851. The van der Waals surface area contributed by atoms with E-state index in [0.29, 0.717) is 11.5 Å². The van der Waals surface area contributed by atoms with Crippen molar-refractivity contribution in [1.29, 1.82) is 0 Å². The van der Waals surface area contributed by atoms with Crippen molar-refractivity contribution in [3.05, 3.63) is 24.3 Å². The summed E-state index contributed by atoms with van der Waals surface area (Å²) in [6, 6.07) is 7.08. The third kappa shape index (κ3) is 6.47. The Balaban J connectivity index is 2.48. The van der Waals surface area contributed by atoms with Gasteiger partial charge in [0.1, 0.15) is 24.7 Å². The molecule has 0 amide bonds. The molecule has 0 aliphatic heterocycles. The van der Waals surface area contributed by atoms with Crippen LogP contribution in [0.4, 0.5) is 0 Å². The van der Waals surface area contributed by atoms with Crippen molar-refractivity contribution in [2.75, 3.05) is 13.2 Å². The Labute approximate surface area is 108 Å². The van der Waals surface area contributed by atoms with Gasteiger partial charge in [-0.3, -0.25) is 0 Å². The first-order chi connectivity index (χ1) is 8.16. The second-order valence-corrected chi connectivity index (χ2v) is 5.67.